The molecule has 33 heavy (non-hydrogen) atoms. The molecule has 3 aromatic rings. The normalized spacial score (nSPS) is 16.9. The van der Waals surface area contributed by atoms with Crippen molar-refractivity contribution in [3.05, 3.63) is 66.0 Å². The Kier molecular flexibility index (Phi) is 6.10. The fourth-order valence-corrected chi connectivity index (χ4v) is 3.62. The van der Waals surface area contributed by atoms with Crippen molar-refractivity contribution in [1.29, 1.82) is 0 Å². The topological polar surface area (TPSA) is 115 Å². The van der Waals surface area contributed by atoms with Gasteiger partial charge in [-0.05, 0) is 61.0 Å². The second-order valence-electron chi connectivity index (χ2n) is 7.79. The summed E-state index contributed by atoms with van der Waals surface area (Å²) in [5, 5.41) is 2.62. The first-order valence-electron chi connectivity index (χ1n) is 10.2. The number of benzene rings is 2. The molecule has 0 bridgehead atoms. The highest BCUT2D eigenvalue weighted by Crippen LogP contribution is 2.37. The summed E-state index contributed by atoms with van der Waals surface area (Å²) in [4.78, 5) is 17.0. The molecule has 7 nitrogen and oxygen atoms in total. The second kappa shape index (κ2) is 8.99. The predicted molar refractivity (Wildman–Crippen MR) is 119 cm³/mol. The Morgan fingerprint density at radius 3 is 2.55 bits per heavy atom. The lowest BCUT2D eigenvalue weighted by atomic mass is 10.1. The summed E-state index contributed by atoms with van der Waals surface area (Å²) < 4.78 is 46.6. The molecule has 2 aromatic carbocycles. The summed E-state index contributed by atoms with van der Waals surface area (Å²) in [5.41, 5.74) is 9.65. The summed E-state index contributed by atoms with van der Waals surface area (Å²) in [7, 11) is 0. The summed E-state index contributed by atoms with van der Waals surface area (Å²) >= 11 is 0. The highest BCUT2D eigenvalue weighted by Gasteiger charge is 2.40. The number of nitrogen functional groups attached to an aromatic ring is 2. The average molecular weight is 457 g/mol. The highest BCUT2D eigenvalue weighted by molar-refractivity contribution is 6.05. The van der Waals surface area contributed by atoms with Gasteiger partial charge in [0.15, 0.2) is 5.82 Å². The summed E-state index contributed by atoms with van der Waals surface area (Å²) in [6.07, 6.45) is -0.763. The number of carbonyl (C=O) groups excluding carboxylic acids is 1. The highest BCUT2D eigenvalue weighted by atomic mass is 19.3. The van der Waals surface area contributed by atoms with E-state index in [-0.39, 0.29) is 30.6 Å². The van der Waals surface area contributed by atoms with E-state index >= 15 is 0 Å². The number of hydrogen-bond acceptors (Lipinski definition) is 6. The molecule has 10 heteroatoms. The molecule has 4 rings (SSSR count). The van der Waals surface area contributed by atoms with Gasteiger partial charge in [-0.25, -0.2) is 24.0 Å². The third-order valence-corrected chi connectivity index (χ3v) is 5.34. The number of aromatic nitrogens is 1. The number of amides is 1. The van der Waals surface area contributed by atoms with Crippen molar-refractivity contribution in [3.63, 3.8) is 0 Å². The van der Waals surface area contributed by atoms with E-state index in [1.807, 2.05) is 0 Å². The van der Waals surface area contributed by atoms with Crippen molar-refractivity contribution in [2.24, 2.45) is 5.84 Å². The molecular weight excluding hydrogens is 435 g/mol. The molecule has 1 aliphatic carbocycles. The number of alkyl halides is 2. The van der Waals surface area contributed by atoms with Gasteiger partial charge in [0.2, 0.25) is 0 Å². The third kappa shape index (κ3) is 5.17. The van der Waals surface area contributed by atoms with Gasteiger partial charge >= 0.3 is 0 Å². The predicted octanol–water partition coefficient (Wildman–Crippen LogP) is 4.57. The van der Waals surface area contributed by atoms with Gasteiger partial charge in [0.05, 0.1) is 16.9 Å². The molecule has 1 aliphatic rings. The summed E-state index contributed by atoms with van der Waals surface area (Å²) in [6, 6.07) is 13.5. The summed E-state index contributed by atoms with van der Waals surface area (Å²) in [5.74, 6) is 2.01. The summed E-state index contributed by atoms with van der Waals surface area (Å²) in [6.45, 7) is 0. The van der Waals surface area contributed by atoms with Crippen molar-refractivity contribution in [3.8, 4) is 17.0 Å². The molecule has 1 saturated carbocycles. The zero-order valence-electron chi connectivity index (χ0n) is 17.4. The number of hydrogen-bond donors (Lipinski definition) is 4. The van der Waals surface area contributed by atoms with E-state index in [9.17, 15) is 18.0 Å². The Morgan fingerprint density at radius 1 is 1.12 bits per heavy atom. The molecule has 1 heterocycles. The van der Waals surface area contributed by atoms with Crippen LogP contribution in [0.2, 0.25) is 0 Å². The quantitative estimate of drug-likeness (QED) is 0.318. The van der Waals surface area contributed by atoms with E-state index in [0.717, 1.165) is 0 Å². The first-order valence-corrected chi connectivity index (χ1v) is 10.2. The van der Waals surface area contributed by atoms with E-state index < -0.39 is 23.8 Å². The largest absolute Gasteiger partial charge is 0.490 e. The maximum absolute atomic E-state index is 14.4. The molecule has 0 spiro atoms. The van der Waals surface area contributed by atoms with Crippen molar-refractivity contribution in [1.82, 2.24) is 4.98 Å². The van der Waals surface area contributed by atoms with Crippen LogP contribution in [0.4, 0.5) is 30.4 Å². The van der Waals surface area contributed by atoms with Crippen LogP contribution < -0.4 is 27.1 Å². The Bertz CT molecular complexity index is 1170. The number of pyridine rings is 1. The Hall–Kier alpha value is -3.79. The molecule has 1 fully saturated rings. The molecule has 1 unspecified atom stereocenters. The van der Waals surface area contributed by atoms with Crippen LogP contribution in [-0.2, 0) is 0 Å². The van der Waals surface area contributed by atoms with Crippen LogP contribution in [0, 0.1) is 5.82 Å². The molecule has 0 saturated heterocycles. The van der Waals surface area contributed by atoms with Crippen LogP contribution in [0.3, 0.4) is 0 Å². The number of rotatable bonds is 6. The standard InChI is InChI=1S/C23H22F3N5O2/c24-18-6-1-13(20-8-7-19(27)21(30-20)31-28)11-17(18)22(32)29-14-2-4-15(5-3-14)33-16-9-10-23(25,26)12-16/h1-8,11,16H,9-10,12,27-28H2,(H,29,32)(H,30,31). The number of ether oxygens (including phenoxy) is 1. The van der Waals surface area contributed by atoms with E-state index in [2.05, 4.69) is 15.7 Å². The second-order valence-corrected chi connectivity index (χ2v) is 7.79. The van der Waals surface area contributed by atoms with Crippen LogP contribution >= 0.6 is 0 Å². The van der Waals surface area contributed by atoms with Crippen LogP contribution in [0.25, 0.3) is 11.3 Å². The molecule has 172 valence electrons. The Balaban J connectivity index is 1.46. The van der Waals surface area contributed by atoms with E-state index in [0.29, 0.717) is 28.4 Å². The SMILES string of the molecule is NNc1nc(-c2ccc(F)c(C(=O)Nc3ccc(OC4CCC(F)(F)C4)cc3)c2)ccc1N. The first kappa shape index (κ1) is 22.4. The minimum absolute atomic E-state index is 0.179. The number of nitrogens with one attached hydrogen (secondary N) is 2. The van der Waals surface area contributed by atoms with Crippen LogP contribution in [0.15, 0.2) is 54.6 Å². The van der Waals surface area contributed by atoms with E-state index in [1.54, 1.807) is 36.4 Å². The van der Waals surface area contributed by atoms with Gasteiger partial charge in [0.25, 0.3) is 11.8 Å². The van der Waals surface area contributed by atoms with Gasteiger partial charge in [0, 0.05) is 24.1 Å². The van der Waals surface area contributed by atoms with Gasteiger partial charge in [-0.3, -0.25) is 4.79 Å². The zero-order valence-corrected chi connectivity index (χ0v) is 17.4. The number of carbonyl (C=O) groups is 1. The molecule has 0 aliphatic heterocycles. The minimum Gasteiger partial charge on any atom is -0.490 e. The lowest BCUT2D eigenvalue weighted by Gasteiger charge is -2.14. The van der Waals surface area contributed by atoms with Crippen molar-refractivity contribution < 1.29 is 22.7 Å². The van der Waals surface area contributed by atoms with Crippen LogP contribution in [0.1, 0.15) is 29.6 Å². The maximum Gasteiger partial charge on any atom is 0.258 e. The first-order chi connectivity index (χ1) is 15.7. The third-order valence-electron chi connectivity index (χ3n) is 5.34. The van der Waals surface area contributed by atoms with Crippen LogP contribution in [0.5, 0.6) is 5.75 Å². The number of anilines is 3. The monoisotopic (exact) mass is 457 g/mol. The van der Waals surface area contributed by atoms with E-state index in [4.69, 9.17) is 16.3 Å². The molecule has 0 radical (unpaired) electrons. The Labute approximate surface area is 187 Å². The van der Waals surface area contributed by atoms with Gasteiger partial charge in [-0.15, -0.1) is 0 Å². The smallest absolute Gasteiger partial charge is 0.258 e. The van der Waals surface area contributed by atoms with Crippen molar-refractivity contribution in [2.75, 3.05) is 16.5 Å². The number of nitrogens with zero attached hydrogens (tertiary/aromatic N) is 1. The maximum atomic E-state index is 14.4. The molecular formula is C23H22F3N5O2. The van der Waals surface area contributed by atoms with E-state index in [1.165, 1.54) is 18.2 Å². The fourth-order valence-electron chi connectivity index (χ4n) is 3.62. The van der Waals surface area contributed by atoms with Gasteiger partial charge in [-0.2, -0.15) is 0 Å². The van der Waals surface area contributed by atoms with Gasteiger partial charge < -0.3 is 21.2 Å². The lowest BCUT2D eigenvalue weighted by molar-refractivity contribution is -0.00106. The minimum atomic E-state index is -2.69. The molecule has 6 N–H and O–H groups in total. The molecule has 1 aromatic heterocycles. The van der Waals surface area contributed by atoms with Gasteiger partial charge in [-0.1, -0.05) is 0 Å². The van der Waals surface area contributed by atoms with Crippen molar-refractivity contribution in [2.45, 2.75) is 31.3 Å². The number of nitrogens with two attached hydrogens (primary N) is 2. The fraction of sp³-hybridized carbons (Fsp3) is 0.217. The Morgan fingerprint density at radius 2 is 1.88 bits per heavy atom. The molecule has 1 amide bonds. The number of halogens is 3. The average Bonchev–Trinajstić information content (AvgIpc) is 3.13. The molecule has 1 atom stereocenters. The zero-order chi connectivity index (χ0) is 23.6. The van der Waals surface area contributed by atoms with Crippen LogP contribution in [-0.4, -0.2) is 22.9 Å². The lowest BCUT2D eigenvalue weighted by Crippen LogP contribution is -2.17. The van der Waals surface area contributed by atoms with Crippen molar-refractivity contribution >= 4 is 23.1 Å². The number of hydrazine groups is 1. The van der Waals surface area contributed by atoms with Gasteiger partial charge in [0.1, 0.15) is 17.7 Å².